The van der Waals surface area contributed by atoms with Crippen LogP contribution in [0.1, 0.15) is 49.3 Å². The number of aromatic amines is 1. The maximum atomic E-state index is 13.2. The van der Waals surface area contributed by atoms with E-state index >= 15 is 0 Å². The number of halogens is 1. The Balaban J connectivity index is 1.26. The molecule has 4 heterocycles. The van der Waals surface area contributed by atoms with Crippen LogP contribution in [-0.4, -0.2) is 29.1 Å². The Bertz CT molecular complexity index is 1660. The number of pyridine rings is 1. The fourth-order valence-corrected chi connectivity index (χ4v) is 5.01. The molecule has 192 valence electrons. The molecule has 1 N–H and O–H groups in total. The summed E-state index contributed by atoms with van der Waals surface area (Å²) in [6.45, 7) is 3.56. The second-order valence-electron chi connectivity index (χ2n) is 9.46. The Morgan fingerprint density at radius 2 is 1.84 bits per heavy atom. The van der Waals surface area contributed by atoms with Crippen molar-refractivity contribution in [2.45, 2.75) is 65.1 Å². The third kappa shape index (κ3) is 5.36. The first-order chi connectivity index (χ1) is 17.9. The Hall–Kier alpha value is -3.72. The Morgan fingerprint density at radius 1 is 1.00 bits per heavy atom. The largest absolute Gasteiger partial charge is 0.332 e. The van der Waals surface area contributed by atoms with Gasteiger partial charge in [-0.1, -0.05) is 37.4 Å². The fourth-order valence-electron chi connectivity index (χ4n) is 4.80. The van der Waals surface area contributed by atoms with Gasteiger partial charge in [0.25, 0.3) is 5.56 Å². The van der Waals surface area contributed by atoms with E-state index in [1.54, 1.807) is 4.57 Å². The van der Waals surface area contributed by atoms with Crippen LogP contribution in [0.3, 0.4) is 0 Å². The van der Waals surface area contributed by atoms with Crippen LogP contribution in [-0.2, 0) is 32.5 Å². The third-order valence-corrected chi connectivity index (χ3v) is 6.91. The van der Waals surface area contributed by atoms with E-state index in [1.165, 1.54) is 10.6 Å². The number of hydrogen-bond donors (Lipinski definition) is 1. The molecule has 0 amide bonds. The van der Waals surface area contributed by atoms with Gasteiger partial charge in [-0.05, 0) is 54.0 Å². The fraction of sp³-hybridized carbons (Fsp3) is 0.370. The Labute approximate surface area is 218 Å². The van der Waals surface area contributed by atoms with Gasteiger partial charge < -0.3 is 4.98 Å². The highest BCUT2D eigenvalue weighted by atomic mass is 35.5. The van der Waals surface area contributed by atoms with Crippen molar-refractivity contribution in [1.82, 2.24) is 23.9 Å². The predicted octanol–water partition coefficient (Wildman–Crippen LogP) is 3.74. The number of unbranched alkanes of at least 4 members (excludes halogenated alkanes) is 2. The van der Waals surface area contributed by atoms with Crippen LogP contribution >= 0.6 is 11.6 Å². The van der Waals surface area contributed by atoms with Crippen molar-refractivity contribution in [1.29, 1.82) is 0 Å². The average molecular weight is 521 g/mol. The van der Waals surface area contributed by atoms with E-state index in [9.17, 15) is 14.4 Å². The van der Waals surface area contributed by atoms with Crippen LogP contribution in [0.25, 0.3) is 10.9 Å². The van der Waals surface area contributed by atoms with Crippen molar-refractivity contribution in [2.75, 3.05) is 0 Å². The number of fused-ring (bicyclic) bond motifs is 2. The van der Waals surface area contributed by atoms with Crippen molar-refractivity contribution in [3.05, 3.63) is 90.6 Å². The topological polar surface area (TPSA) is 107 Å². The van der Waals surface area contributed by atoms with Crippen molar-refractivity contribution in [2.24, 2.45) is 4.99 Å². The predicted molar refractivity (Wildman–Crippen MR) is 145 cm³/mol. The third-order valence-electron chi connectivity index (χ3n) is 6.69. The van der Waals surface area contributed by atoms with Gasteiger partial charge in [0.15, 0.2) is 0 Å². The van der Waals surface area contributed by atoms with Gasteiger partial charge in [-0.3, -0.25) is 23.4 Å². The van der Waals surface area contributed by atoms with E-state index in [-0.39, 0.29) is 23.2 Å². The van der Waals surface area contributed by atoms with Gasteiger partial charge in [-0.2, -0.15) is 5.10 Å². The standard InChI is InChI=1S/C27H29ClN6O3/c1-2-3-4-11-33-25-21(14-23(28)31-25)26(36)34(27(33)37)12-5-6-19-15-29-32(17-19)16-18-7-9-22-20(13-18)8-10-24(35)30-22/h7-10,13,15,17H,2-6,11-12,14,16H2,1H3,(H,30,35). The molecule has 5 rings (SSSR count). The molecule has 0 spiro atoms. The summed E-state index contributed by atoms with van der Waals surface area (Å²) < 4.78 is 4.81. The number of H-pyrrole nitrogens is 1. The zero-order valence-electron chi connectivity index (χ0n) is 20.7. The maximum absolute atomic E-state index is 13.2. The lowest BCUT2D eigenvalue weighted by Gasteiger charge is -2.14. The lowest BCUT2D eigenvalue weighted by Crippen LogP contribution is -2.41. The highest BCUT2D eigenvalue weighted by Gasteiger charge is 2.24. The second kappa shape index (κ2) is 10.7. The van der Waals surface area contributed by atoms with Gasteiger partial charge in [0.2, 0.25) is 5.56 Å². The van der Waals surface area contributed by atoms with E-state index in [0.29, 0.717) is 49.0 Å². The van der Waals surface area contributed by atoms with Gasteiger partial charge in [0.05, 0.1) is 18.3 Å². The number of hydrogen-bond acceptors (Lipinski definition) is 5. The van der Waals surface area contributed by atoms with E-state index in [1.807, 2.05) is 41.3 Å². The molecule has 37 heavy (non-hydrogen) atoms. The second-order valence-corrected chi connectivity index (χ2v) is 9.90. The molecular weight excluding hydrogens is 492 g/mol. The van der Waals surface area contributed by atoms with E-state index in [0.717, 1.165) is 41.3 Å². The van der Waals surface area contributed by atoms with Gasteiger partial charge in [-0.25, -0.2) is 9.79 Å². The summed E-state index contributed by atoms with van der Waals surface area (Å²) in [5, 5.41) is 5.79. The molecular formula is C27H29ClN6O3. The van der Waals surface area contributed by atoms with Gasteiger partial charge >= 0.3 is 5.69 Å². The first-order valence-corrected chi connectivity index (χ1v) is 13.0. The Morgan fingerprint density at radius 3 is 2.68 bits per heavy atom. The molecule has 1 aliphatic heterocycles. The minimum Gasteiger partial charge on any atom is -0.322 e. The van der Waals surface area contributed by atoms with Crippen LogP contribution in [0.15, 0.2) is 62.1 Å². The van der Waals surface area contributed by atoms with Gasteiger partial charge in [0.1, 0.15) is 11.0 Å². The molecule has 10 heteroatoms. The molecule has 0 aliphatic carbocycles. The lowest BCUT2D eigenvalue weighted by atomic mass is 10.1. The molecule has 1 aromatic carbocycles. The molecule has 0 fully saturated rings. The number of nitrogens with zero attached hydrogens (tertiary/aromatic N) is 5. The van der Waals surface area contributed by atoms with Crippen molar-refractivity contribution >= 4 is 33.5 Å². The van der Waals surface area contributed by atoms with E-state index in [2.05, 4.69) is 22.0 Å². The van der Waals surface area contributed by atoms with Crippen LogP contribution in [0, 0.1) is 0 Å². The monoisotopic (exact) mass is 520 g/mol. The van der Waals surface area contributed by atoms with Crippen LogP contribution < -0.4 is 16.8 Å². The van der Waals surface area contributed by atoms with E-state index in [4.69, 9.17) is 11.6 Å². The average Bonchev–Trinajstić information content (AvgIpc) is 3.49. The summed E-state index contributed by atoms with van der Waals surface area (Å²) in [7, 11) is 0. The first kappa shape index (κ1) is 25.0. The molecule has 0 atom stereocenters. The van der Waals surface area contributed by atoms with Crippen molar-refractivity contribution in [3.63, 3.8) is 0 Å². The van der Waals surface area contributed by atoms with Crippen LogP contribution in [0.4, 0.5) is 5.82 Å². The van der Waals surface area contributed by atoms with Crippen LogP contribution in [0.2, 0.25) is 0 Å². The number of aryl methyl sites for hydroxylation is 1. The summed E-state index contributed by atoms with van der Waals surface area (Å²) in [6.07, 6.45) is 8.29. The number of aliphatic imine (C=N–C) groups is 1. The summed E-state index contributed by atoms with van der Waals surface area (Å²) in [5.74, 6) is 0.425. The molecule has 3 aromatic heterocycles. The number of rotatable bonds is 10. The molecule has 0 saturated carbocycles. The van der Waals surface area contributed by atoms with Gasteiger partial charge in [0, 0.05) is 37.3 Å². The lowest BCUT2D eigenvalue weighted by molar-refractivity contribution is 0.513. The van der Waals surface area contributed by atoms with E-state index < -0.39 is 0 Å². The molecule has 0 radical (unpaired) electrons. The van der Waals surface area contributed by atoms with Gasteiger partial charge in [-0.15, -0.1) is 0 Å². The first-order valence-electron chi connectivity index (χ1n) is 12.7. The SMILES string of the molecule is CCCCCn1c2c(c(=O)n(CCCc3cnn(Cc4ccc5[nH]c(=O)ccc5c4)c3)c1=O)CC(Cl)=N2. The molecule has 0 bridgehead atoms. The smallest absolute Gasteiger partial charge is 0.322 e. The molecule has 4 aromatic rings. The Kier molecular flexibility index (Phi) is 7.23. The summed E-state index contributed by atoms with van der Waals surface area (Å²) in [5.41, 5.74) is 2.69. The summed E-state index contributed by atoms with van der Waals surface area (Å²) in [6, 6.07) is 9.24. The zero-order chi connectivity index (χ0) is 25.9. The molecule has 0 unspecified atom stereocenters. The quantitative estimate of drug-likeness (QED) is 0.321. The van der Waals surface area contributed by atoms with Crippen LogP contribution in [0.5, 0.6) is 0 Å². The summed E-state index contributed by atoms with van der Waals surface area (Å²) >= 11 is 6.13. The molecule has 9 nitrogen and oxygen atoms in total. The minimum atomic E-state index is -0.316. The van der Waals surface area contributed by atoms with Crippen molar-refractivity contribution in [3.8, 4) is 0 Å². The summed E-state index contributed by atoms with van der Waals surface area (Å²) in [4.78, 5) is 44.8. The maximum Gasteiger partial charge on any atom is 0.332 e. The minimum absolute atomic E-state index is 0.119. The van der Waals surface area contributed by atoms with Crippen molar-refractivity contribution < 1.29 is 0 Å². The zero-order valence-corrected chi connectivity index (χ0v) is 21.5. The normalized spacial score (nSPS) is 12.8. The highest BCUT2D eigenvalue weighted by Crippen LogP contribution is 2.24. The number of aromatic nitrogens is 5. The number of benzene rings is 1. The highest BCUT2D eigenvalue weighted by molar-refractivity contribution is 6.66. The molecule has 0 saturated heterocycles. The molecule has 1 aliphatic rings. The number of nitrogens with one attached hydrogen (secondary N) is 1.